The van der Waals surface area contributed by atoms with E-state index in [4.69, 9.17) is 0 Å². The summed E-state index contributed by atoms with van der Waals surface area (Å²) in [5, 5.41) is 6.50. The smallest absolute Gasteiger partial charge is 0.0405 e. The highest BCUT2D eigenvalue weighted by Crippen LogP contribution is 2.23. The molecule has 1 aliphatic heterocycles. The van der Waals surface area contributed by atoms with E-state index in [-0.39, 0.29) is 0 Å². The van der Waals surface area contributed by atoms with Crippen LogP contribution in [0.5, 0.6) is 0 Å². The zero-order valence-electron chi connectivity index (χ0n) is 12.3. The molecular formula is C18H21N2P. The van der Waals surface area contributed by atoms with Crippen molar-refractivity contribution in [3.8, 4) is 0 Å². The first-order valence-electron chi connectivity index (χ1n) is 6.86. The topological polar surface area (TPSA) is 24.1 Å². The van der Waals surface area contributed by atoms with E-state index in [1.165, 1.54) is 11.1 Å². The Kier molecular flexibility index (Phi) is 5.19. The summed E-state index contributed by atoms with van der Waals surface area (Å²) in [6, 6.07) is 8.22. The molecule has 2 nitrogen and oxygen atoms in total. The number of rotatable bonds is 4. The van der Waals surface area contributed by atoms with Gasteiger partial charge in [-0.3, -0.25) is 0 Å². The number of anilines is 1. The molecule has 0 bridgehead atoms. The minimum atomic E-state index is 0.827. The lowest BCUT2D eigenvalue weighted by Crippen LogP contribution is -2.08. The number of benzene rings is 1. The van der Waals surface area contributed by atoms with E-state index in [1.54, 1.807) is 0 Å². The number of hydrogen-bond donors (Lipinski definition) is 2. The predicted molar refractivity (Wildman–Crippen MR) is 96.1 cm³/mol. The summed E-state index contributed by atoms with van der Waals surface area (Å²) in [6.45, 7) is 10.4. The number of nitrogens with one attached hydrogen (secondary N) is 2. The van der Waals surface area contributed by atoms with Crippen molar-refractivity contribution in [2.45, 2.75) is 6.92 Å². The molecule has 0 spiro atoms. The van der Waals surface area contributed by atoms with E-state index in [1.807, 2.05) is 30.6 Å². The zero-order valence-corrected chi connectivity index (χ0v) is 13.5. The van der Waals surface area contributed by atoms with Crippen molar-refractivity contribution in [1.82, 2.24) is 5.32 Å². The van der Waals surface area contributed by atoms with Gasteiger partial charge in [-0.25, -0.2) is 0 Å². The number of allylic oxidation sites excluding steroid dienone is 4. The molecule has 0 radical (unpaired) electrons. The minimum Gasteiger partial charge on any atom is -0.367 e. The maximum Gasteiger partial charge on any atom is 0.0405 e. The first-order chi connectivity index (χ1) is 10.1. The van der Waals surface area contributed by atoms with Gasteiger partial charge in [-0.05, 0) is 48.0 Å². The number of aryl methyl sites for hydroxylation is 1. The molecule has 0 amide bonds. The van der Waals surface area contributed by atoms with Crippen LogP contribution in [0.3, 0.4) is 0 Å². The van der Waals surface area contributed by atoms with Gasteiger partial charge in [-0.1, -0.05) is 31.4 Å². The highest BCUT2D eigenvalue weighted by atomic mass is 31.0. The third-order valence-corrected chi connectivity index (χ3v) is 3.67. The summed E-state index contributed by atoms with van der Waals surface area (Å²) in [6.07, 6.45) is 8.85. The molecular weight excluding hydrogens is 275 g/mol. The van der Waals surface area contributed by atoms with Crippen LogP contribution in [0.15, 0.2) is 84.4 Å². The highest BCUT2D eigenvalue weighted by molar-refractivity contribution is 7.16. The molecule has 0 aliphatic carbocycles. The monoisotopic (exact) mass is 296 g/mol. The molecule has 0 fully saturated rings. The standard InChI is InChI=1S/C18H21N2P/c1-13-5-4-6-17(9-13)20-15(3)18-11-19-8-7-16(12-21)10-14(18)2/h4-11,19-20H,2-3,12,21H2,1H3/b8-7-,16-10+,18-11?. The molecule has 3 heteroatoms. The molecule has 108 valence electrons. The van der Waals surface area contributed by atoms with Crippen LogP contribution in [-0.2, 0) is 0 Å². The molecule has 1 heterocycles. The Balaban J connectivity index is 2.20. The van der Waals surface area contributed by atoms with Crippen LogP contribution in [0.25, 0.3) is 0 Å². The van der Waals surface area contributed by atoms with Gasteiger partial charge in [0.25, 0.3) is 0 Å². The Labute approximate surface area is 129 Å². The summed E-state index contributed by atoms with van der Waals surface area (Å²) >= 11 is 0. The lowest BCUT2D eigenvalue weighted by Gasteiger charge is -2.16. The maximum atomic E-state index is 4.15. The molecule has 1 atom stereocenters. The number of hydrogen-bond acceptors (Lipinski definition) is 2. The summed E-state index contributed by atoms with van der Waals surface area (Å²) in [4.78, 5) is 0. The molecule has 1 aromatic rings. The Hall–Kier alpha value is -2.05. The van der Waals surface area contributed by atoms with Crippen molar-refractivity contribution in [3.63, 3.8) is 0 Å². The SMILES string of the molecule is C=C1/C=C(CP)\C=C/NC=C1C(=C)Nc1cccc(C)c1. The summed E-state index contributed by atoms with van der Waals surface area (Å²) in [7, 11) is 2.73. The van der Waals surface area contributed by atoms with Gasteiger partial charge in [0, 0.05) is 29.4 Å². The predicted octanol–water partition coefficient (Wildman–Crippen LogP) is 4.28. The molecule has 1 aromatic carbocycles. The zero-order chi connectivity index (χ0) is 15.2. The van der Waals surface area contributed by atoms with Crippen molar-refractivity contribution >= 4 is 14.9 Å². The van der Waals surface area contributed by atoms with Crippen molar-refractivity contribution in [3.05, 3.63) is 90.0 Å². The van der Waals surface area contributed by atoms with Crippen molar-refractivity contribution < 1.29 is 0 Å². The van der Waals surface area contributed by atoms with Crippen LogP contribution in [0.2, 0.25) is 0 Å². The second kappa shape index (κ2) is 7.10. The Morgan fingerprint density at radius 1 is 1.38 bits per heavy atom. The van der Waals surface area contributed by atoms with Crippen LogP contribution in [0.1, 0.15) is 5.56 Å². The van der Waals surface area contributed by atoms with Crippen molar-refractivity contribution in [2.24, 2.45) is 0 Å². The van der Waals surface area contributed by atoms with Gasteiger partial charge in [0.2, 0.25) is 0 Å². The first-order valence-corrected chi connectivity index (χ1v) is 7.67. The third kappa shape index (κ3) is 4.21. The van der Waals surface area contributed by atoms with Gasteiger partial charge < -0.3 is 10.6 Å². The largest absolute Gasteiger partial charge is 0.367 e. The lowest BCUT2D eigenvalue weighted by molar-refractivity contribution is 1.15. The third-order valence-electron chi connectivity index (χ3n) is 3.20. The van der Waals surface area contributed by atoms with Gasteiger partial charge in [-0.2, -0.15) is 0 Å². The molecule has 2 rings (SSSR count). The molecule has 0 saturated carbocycles. The van der Waals surface area contributed by atoms with E-state index in [9.17, 15) is 0 Å². The van der Waals surface area contributed by atoms with Gasteiger partial charge >= 0.3 is 0 Å². The first kappa shape index (κ1) is 15.3. The van der Waals surface area contributed by atoms with Crippen LogP contribution < -0.4 is 10.6 Å². The molecule has 0 saturated heterocycles. The Bertz CT molecular complexity index is 651. The van der Waals surface area contributed by atoms with E-state index >= 15 is 0 Å². The molecule has 1 unspecified atom stereocenters. The minimum absolute atomic E-state index is 0.827. The van der Waals surface area contributed by atoms with E-state index in [0.29, 0.717) is 0 Å². The van der Waals surface area contributed by atoms with Crippen molar-refractivity contribution in [1.29, 1.82) is 0 Å². The average Bonchev–Trinajstić information content (AvgIpc) is 2.42. The molecule has 21 heavy (non-hydrogen) atoms. The van der Waals surface area contributed by atoms with Crippen LogP contribution >= 0.6 is 9.24 Å². The van der Waals surface area contributed by atoms with E-state index in [0.717, 1.165) is 28.7 Å². The van der Waals surface area contributed by atoms with Crippen LogP contribution in [0, 0.1) is 6.92 Å². The van der Waals surface area contributed by atoms with Gasteiger partial charge in [-0.15, -0.1) is 9.24 Å². The fourth-order valence-corrected chi connectivity index (χ4v) is 2.36. The maximum absolute atomic E-state index is 4.15. The summed E-state index contributed by atoms with van der Waals surface area (Å²) in [5.74, 6) is 0. The quantitative estimate of drug-likeness (QED) is 0.810. The highest BCUT2D eigenvalue weighted by Gasteiger charge is 2.08. The van der Waals surface area contributed by atoms with Gasteiger partial charge in [0.1, 0.15) is 0 Å². The lowest BCUT2D eigenvalue weighted by atomic mass is 10.0. The Morgan fingerprint density at radius 2 is 2.19 bits per heavy atom. The normalized spacial score (nSPS) is 18.5. The van der Waals surface area contributed by atoms with Crippen LogP contribution in [0.4, 0.5) is 5.69 Å². The summed E-state index contributed by atoms with van der Waals surface area (Å²) < 4.78 is 0. The fourth-order valence-electron chi connectivity index (χ4n) is 2.10. The van der Waals surface area contributed by atoms with E-state index in [2.05, 4.69) is 58.2 Å². The fraction of sp³-hybridized carbons (Fsp3) is 0.111. The molecule has 1 aliphatic rings. The van der Waals surface area contributed by atoms with Gasteiger partial charge in [0.15, 0.2) is 0 Å². The van der Waals surface area contributed by atoms with E-state index < -0.39 is 0 Å². The summed E-state index contributed by atoms with van der Waals surface area (Å²) in [5.41, 5.74) is 6.18. The van der Waals surface area contributed by atoms with Crippen LogP contribution in [-0.4, -0.2) is 6.16 Å². The van der Waals surface area contributed by atoms with Crippen molar-refractivity contribution in [2.75, 3.05) is 11.5 Å². The van der Waals surface area contributed by atoms with Gasteiger partial charge in [0.05, 0.1) is 0 Å². The molecule has 0 aromatic heterocycles. The second-order valence-corrected chi connectivity index (χ2v) is 5.39. The Morgan fingerprint density at radius 3 is 2.90 bits per heavy atom. The second-order valence-electron chi connectivity index (χ2n) is 4.98. The average molecular weight is 296 g/mol. The molecule has 2 N–H and O–H groups in total.